The quantitative estimate of drug-likeness (QED) is 0.195. The van der Waals surface area contributed by atoms with Crippen molar-refractivity contribution in [3.8, 4) is 11.5 Å². The Bertz CT molecular complexity index is 1670. The van der Waals surface area contributed by atoms with E-state index < -0.39 is 17.8 Å². The fourth-order valence-corrected chi connectivity index (χ4v) is 4.58. The largest absolute Gasteiger partial charge is 0.493 e. The van der Waals surface area contributed by atoms with E-state index in [0.717, 1.165) is 21.2 Å². The number of benzene rings is 4. The van der Waals surface area contributed by atoms with Crippen LogP contribution in [0.25, 0.3) is 16.8 Å². The van der Waals surface area contributed by atoms with Crippen LogP contribution in [0.3, 0.4) is 0 Å². The zero-order valence-electron chi connectivity index (χ0n) is 20.7. The van der Waals surface area contributed by atoms with Crippen LogP contribution in [0.5, 0.6) is 11.5 Å². The maximum Gasteiger partial charge on any atom is 0.335 e. The van der Waals surface area contributed by atoms with Crippen molar-refractivity contribution in [3.05, 3.63) is 107 Å². The Morgan fingerprint density at radius 2 is 1.74 bits per heavy atom. The van der Waals surface area contributed by atoms with Crippen LogP contribution in [-0.2, 0) is 16.2 Å². The molecule has 5 rings (SSSR count). The molecule has 0 aliphatic carbocycles. The van der Waals surface area contributed by atoms with Gasteiger partial charge in [-0.1, -0.05) is 54.6 Å². The number of carboxylic acids is 1. The molecular weight excluding hydrogens is 516 g/mol. The van der Waals surface area contributed by atoms with Gasteiger partial charge in [0.05, 0.1) is 18.4 Å². The number of carbonyl (C=O) groups is 3. The molecule has 0 aromatic heterocycles. The molecule has 1 fully saturated rings. The Hall–Kier alpha value is -5.02. The highest BCUT2D eigenvalue weighted by Gasteiger charge is 2.34. The summed E-state index contributed by atoms with van der Waals surface area (Å²) in [7, 11) is 1.51. The summed E-state index contributed by atoms with van der Waals surface area (Å²) < 4.78 is 11.6. The summed E-state index contributed by atoms with van der Waals surface area (Å²) in [6.07, 6.45) is 1.42. The zero-order chi connectivity index (χ0) is 27.5. The van der Waals surface area contributed by atoms with Crippen LogP contribution >= 0.6 is 12.2 Å². The first-order valence-electron chi connectivity index (χ1n) is 11.9. The highest BCUT2D eigenvalue weighted by atomic mass is 32.1. The van der Waals surface area contributed by atoms with Gasteiger partial charge in [0.1, 0.15) is 12.2 Å². The molecule has 0 bridgehead atoms. The molecule has 0 saturated carbocycles. The third-order valence-electron chi connectivity index (χ3n) is 6.21. The minimum absolute atomic E-state index is 0.0191. The standard InChI is InChI=1S/C30H22N2O6S/c1-37-26-15-18(12-13-25(26)38-17-21-9-4-7-19-6-2-3-11-23(19)21)14-24-27(33)31-30(39)32(28(24)34)22-10-5-8-20(16-22)29(35)36/h2-16H,17H2,1H3,(H,35,36)(H,31,33,39). The van der Waals surface area contributed by atoms with Crippen LogP contribution in [0, 0.1) is 0 Å². The lowest BCUT2D eigenvalue weighted by molar-refractivity contribution is -0.122. The third kappa shape index (κ3) is 5.21. The number of amides is 2. The van der Waals surface area contributed by atoms with Gasteiger partial charge in [0, 0.05) is 0 Å². The van der Waals surface area contributed by atoms with Crippen LogP contribution in [0.4, 0.5) is 5.69 Å². The molecule has 1 aliphatic rings. The van der Waals surface area contributed by atoms with Crippen molar-refractivity contribution in [2.45, 2.75) is 6.61 Å². The first-order chi connectivity index (χ1) is 18.9. The first kappa shape index (κ1) is 25.6. The van der Waals surface area contributed by atoms with Crippen LogP contribution < -0.4 is 19.7 Å². The average Bonchev–Trinajstić information content (AvgIpc) is 2.94. The first-order valence-corrected chi connectivity index (χ1v) is 12.3. The van der Waals surface area contributed by atoms with E-state index in [4.69, 9.17) is 21.7 Å². The minimum Gasteiger partial charge on any atom is -0.493 e. The summed E-state index contributed by atoms with van der Waals surface area (Å²) in [5.74, 6) is -1.57. The Morgan fingerprint density at radius 1 is 0.974 bits per heavy atom. The van der Waals surface area contributed by atoms with E-state index in [-0.39, 0.29) is 21.9 Å². The van der Waals surface area contributed by atoms with E-state index in [1.54, 1.807) is 18.2 Å². The van der Waals surface area contributed by atoms with E-state index >= 15 is 0 Å². The maximum absolute atomic E-state index is 13.3. The van der Waals surface area contributed by atoms with Crippen molar-refractivity contribution in [3.63, 3.8) is 0 Å². The van der Waals surface area contributed by atoms with Crippen LogP contribution in [-0.4, -0.2) is 35.1 Å². The second-order valence-electron chi connectivity index (χ2n) is 8.65. The number of aromatic carboxylic acids is 1. The molecule has 0 spiro atoms. The van der Waals surface area contributed by atoms with Gasteiger partial charge < -0.3 is 14.6 Å². The van der Waals surface area contributed by atoms with Crippen molar-refractivity contribution in [2.75, 3.05) is 12.0 Å². The molecule has 1 heterocycles. The summed E-state index contributed by atoms with van der Waals surface area (Å²) in [4.78, 5) is 38.5. The molecule has 8 nitrogen and oxygen atoms in total. The van der Waals surface area contributed by atoms with Gasteiger partial charge in [-0.25, -0.2) is 4.79 Å². The average molecular weight is 539 g/mol. The minimum atomic E-state index is -1.15. The number of carboxylic acid groups (broad SMARTS) is 1. The number of nitrogens with zero attached hydrogens (tertiary/aromatic N) is 1. The summed E-state index contributed by atoms with van der Waals surface area (Å²) in [5.41, 5.74) is 1.58. The van der Waals surface area contributed by atoms with Crippen molar-refractivity contribution >= 4 is 57.6 Å². The topological polar surface area (TPSA) is 105 Å². The summed E-state index contributed by atoms with van der Waals surface area (Å²) in [6.45, 7) is 0.320. The number of methoxy groups -OCH3 is 1. The number of hydrogen-bond donors (Lipinski definition) is 2. The van der Waals surface area contributed by atoms with Gasteiger partial charge in [-0.05, 0) is 70.5 Å². The highest BCUT2D eigenvalue weighted by molar-refractivity contribution is 7.80. The highest BCUT2D eigenvalue weighted by Crippen LogP contribution is 2.31. The second kappa shape index (κ2) is 10.8. The van der Waals surface area contributed by atoms with Gasteiger partial charge in [0.15, 0.2) is 16.6 Å². The predicted molar refractivity (Wildman–Crippen MR) is 151 cm³/mol. The number of fused-ring (bicyclic) bond motifs is 1. The van der Waals surface area contributed by atoms with E-state index in [9.17, 15) is 19.5 Å². The summed E-state index contributed by atoms with van der Waals surface area (Å²) >= 11 is 5.21. The number of ether oxygens (including phenoxy) is 2. The Morgan fingerprint density at radius 3 is 2.54 bits per heavy atom. The molecule has 194 valence electrons. The Balaban J connectivity index is 1.41. The van der Waals surface area contributed by atoms with E-state index in [2.05, 4.69) is 5.32 Å². The van der Waals surface area contributed by atoms with Crippen molar-refractivity contribution in [1.29, 1.82) is 0 Å². The third-order valence-corrected chi connectivity index (χ3v) is 6.50. The van der Waals surface area contributed by atoms with Crippen molar-refractivity contribution in [2.24, 2.45) is 0 Å². The Kier molecular flexibility index (Phi) is 7.07. The molecule has 39 heavy (non-hydrogen) atoms. The number of hydrogen-bond acceptors (Lipinski definition) is 6. The second-order valence-corrected chi connectivity index (χ2v) is 9.04. The molecule has 2 N–H and O–H groups in total. The zero-order valence-corrected chi connectivity index (χ0v) is 21.5. The number of carbonyl (C=O) groups excluding carboxylic acids is 2. The lowest BCUT2D eigenvalue weighted by Gasteiger charge is -2.29. The lowest BCUT2D eigenvalue weighted by Crippen LogP contribution is -2.54. The van der Waals surface area contributed by atoms with Crippen molar-refractivity contribution in [1.82, 2.24) is 5.32 Å². The fourth-order valence-electron chi connectivity index (χ4n) is 4.30. The smallest absolute Gasteiger partial charge is 0.335 e. The molecule has 2 amide bonds. The lowest BCUT2D eigenvalue weighted by atomic mass is 10.1. The van der Waals surface area contributed by atoms with Gasteiger partial charge in [0.2, 0.25) is 0 Å². The van der Waals surface area contributed by atoms with Crippen LogP contribution in [0.15, 0.2) is 90.5 Å². The van der Waals surface area contributed by atoms with E-state index in [1.165, 1.54) is 37.5 Å². The number of rotatable bonds is 7. The molecule has 1 saturated heterocycles. The molecule has 9 heteroatoms. The molecule has 0 radical (unpaired) electrons. The molecule has 1 aliphatic heterocycles. The molecule has 4 aromatic carbocycles. The fraction of sp³-hybridized carbons (Fsp3) is 0.0667. The van der Waals surface area contributed by atoms with Gasteiger partial charge >= 0.3 is 5.97 Å². The van der Waals surface area contributed by atoms with Crippen LogP contribution in [0.1, 0.15) is 21.5 Å². The summed E-state index contributed by atoms with van der Waals surface area (Å²) in [5, 5.41) is 13.9. The van der Waals surface area contributed by atoms with Gasteiger partial charge in [-0.3, -0.25) is 19.8 Å². The number of thiocarbonyl (C=S) groups is 1. The molecule has 0 unspecified atom stereocenters. The predicted octanol–water partition coefficient (Wildman–Crippen LogP) is 4.96. The van der Waals surface area contributed by atoms with Crippen LogP contribution in [0.2, 0.25) is 0 Å². The Labute approximate surface area is 229 Å². The normalized spacial score (nSPS) is 14.4. The van der Waals surface area contributed by atoms with Gasteiger partial charge in [-0.15, -0.1) is 0 Å². The monoisotopic (exact) mass is 538 g/mol. The summed E-state index contributed by atoms with van der Waals surface area (Å²) in [6, 6.07) is 24.9. The van der Waals surface area contributed by atoms with E-state index in [1.807, 2.05) is 42.5 Å². The molecule has 4 aromatic rings. The number of anilines is 1. The number of nitrogens with one attached hydrogen (secondary N) is 1. The van der Waals surface area contributed by atoms with Gasteiger partial charge in [0.25, 0.3) is 11.8 Å². The molecular formula is C30H22N2O6S. The van der Waals surface area contributed by atoms with Gasteiger partial charge in [-0.2, -0.15) is 0 Å². The van der Waals surface area contributed by atoms with E-state index in [0.29, 0.717) is 23.7 Å². The SMILES string of the molecule is COc1cc(C=C2C(=O)NC(=S)N(c3cccc(C(=O)O)c3)C2=O)ccc1OCc1cccc2ccccc12. The molecule has 0 atom stereocenters. The maximum atomic E-state index is 13.3. The van der Waals surface area contributed by atoms with Crippen molar-refractivity contribution < 1.29 is 29.0 Å².